The van der Waals surface area contributed by atoms with E-state index in [2.05, 4.69) is 5.32 Å². The number of carbonyl (C=O) groups is 2. The van der Waals surface area contributed by atoms with Crippen molar-refractivity contribution in [2.45, 2.75) is 71.6 Å². The van der Waals surface area contributed by atoms with Crippen LogP contribution in [-0.4, -0.2) is 35.9 Å². The molecule has 6 heteroatoms. The predicted octanol–water partition coefficient (Wildman–Crippen LogP) is 1.96. The van der Waals surface area contributed by atoms with Crippen molar-refractivity contribution in [3.63, 3.8) is 0 Å². The van der Waals surface area contributed by atoms with Crippen molar-refractivity contribution < 1.29 is 19.1 Å². The number of amides is 1. The molecule has 118 valence electrons. The summed E-state index contributed by atoms with van der Waals surface area (Å²) >= 11 is 0. The summed E-state index contributed by atoms with van der Waals surface area (Å²) in [6.07, 6.45) is 0.398. The van der Waals surface area contributed by atoms with Crippen molar-refractivity contribution in [2.24, 2.45) is 5.73 Å². The van der Waals surface area contributed by atoms with Gasteiger partial charge in [-0.1, -0.05) is 0 Å². The van der Waals surface area contributed by atoms with Gasteiger partial charge >= 0.3 is 12.1 Å². The van der Waals surface area contributed by atoms with Crippen molar-refractivity contribution in [1.82, 2.24) is 5.32 Å². The first-order valence-electron chi connectivity index (χ1n) is 6.87. The van der Waals surface area contributed by atoms with Gasteiger partial charge in [0.25, 0.3) is 0 Å². The number of esters is 1. The van der Waals surface area contributed by atoms with Crippen LogP contribution in [0, 0.1) is 0 Å². The zero-order valence-electron chi connectivity index (χ0n) is 13.4. The van der Waals surface area contributed by atoms with E-state index in [1.165, 1.54) is 0 Å². The summed E-state index contributed by atoms with van der Waals surface area (Å²) in [6.45, 7) is 11.0. The first kappa shape index (κ1) is 18.7. The molecule has 0 aliphatic carbocycles. The second kappa shape index (κ2) is 7.47. The highest BCUT2D eigenvalue weighted by Gasteiger charge is 2.28. The molecule has 0 aromatic heterocycles. The lowest BCUT2D eigenvalue weighted by atomic mass is 10.1. The van der Waals surface area contributed by atoms with E-state index in [4.69, 9.17) is 15.2 Å². The van der Waals surface area contributed by atoms with Gasteiger partial charge in [0, 0.05) is 0 Å². The van der Waals surface area contributed by atoms with Crippen LogP contribution in [-0.2, 0) is 14.3 Å². The Morgan fingerprint density at radius 1 is 1.05 bits per heavy atom. The van der Waals surface area contributed by atoms with E-state index >= 15 is 0 Å². The molecule has 0 aromatic rings. The number of alkyl carbamates (subject to hydrolysis) is 1. The fourth-order valence-electron chi connectivity index (χ4n) is 1.39. The maximum atomic E-state index is 12.0. The normalized spacial score (nSPS) is 13.6. The van der Waals surface area contributed by atoms with Crippen molar-refractivity contribution in [3.8, 4) is 0 Å². The van der Waals surface area contributed by atoms with Crippen LogP contribution in [0.4, 0.5) is 4.79 Å². The summed E-state index contributed by atoms with van der Waals surface area (Å²) in [6, 6.07) is -0.743. The maximum Gasteiger partial charge on any atom is 0.408 e. The van der Waals surface area contributed by atoms with Gasteiger partial charge in [0.15, 0.2) is 0 Å². The SMILES string of the molecule is CC(C)(C)OC(=O)NC(CCCN)C(=O)OC(C)(C)C. The molecule has 1 atom stereocenters. The third-order valence-electron chi connectivity index (χ3n) is 2.08. The Morgan fingerprint density at radius 3 is 1.95 bits per heavy atom. The molecule has 0 aliphatic heterocycles. The van der Waals surface area contributed by atoms with Crippen LogP contribution in [0.25, 0.3) is 0 Å². The molecule has 0 heterocycles. The second-order valence-corrected chi connectivity index (χ2v) is 6.66. The summed E-state index contributed by atoms with van der Waals surface area (Å²) in [4.78, 5) is 23.8. The number of nitrogens with one attached hydrogen (secondary N) is 1. The highest BCUT2D eigenvalue weighted by Crippen LogP contribution is 2.12. The summed E-state index contributed by atoms with van der Waals surface area (Å²) in [5.41, 5.74) is 4.22. The van der Waals surface area contributed by atoms with Crippen LogP contribution in [0.3, 0.4) is 0 Å². The highest BCUT2D eigenvalue weighted by molar-refractivity contribution is 5.81. The van der Waals surface area contributed by atoms with Gasteiger partial charge in [-0.3, -0.25) is 0 Å². The summed E-state index contributed by atoms with van der Waals surface area (Å²) in [5, 5.41) is 2.54. The minimum absolute atomic E-state index is 0.421. The van der Waals surface area contributed by atoms with Gasteiger partial charge in [0.05, 0.1) is 0 Å². The van der Waals surface area contributed by atoms with Gasteiger partial charge in [-0.05, 0) is 60.9 Å². The molecule has 0 aromatic carbocycles. The van der Waals surface area contributed by atoms with Crippen LogP contribution in [0.1, 0.15) is 54.4 Å². The van der Waals surface area contributed by atoms with Gasteiger partial charge in [-0.25, -0.2) is 9.59 Å². The molecule has 0 bridgehead atoms. The van der Waals surface area contributed by atoms with Crippen LogP contribution in [0.2, 0.25) is 0 Å². The van der Waals surface area contributed by atoms with E-state index in [0.29, 0.717) is 19.4 Å². The first-order chi connectivity index (χ1) is 8.94. The maximum absolute atomic E-state index is 12.0. The highest BCUT2D eigenvalue weighted by atomic mass is 16.6. The van der Waals surface area contributed by atoms with Gasteiger partial charge in [-0.15, -0.1) is 0 Å². The Labute approximate surface area is 121 Å². The lowest BCUT2D eigenvalue weighted by molar-refractivity contribution is -0.157. The average Bonchev–Trinajstić information content (AvgIpc) is 2.18. The Morgan fingerprint density at radius 2 is 1.55 bits per heavy atom. The molecule has 0 fully saturated rings. The van der Waals surface area contributed by atoms with Crippen molar-refractivity contribution in [1.29, 1.82) is 0 Å². The molecule has 0 radical (unpaired) electrons. The van der Waals surface area contributed by atoms with Crippen molar-refractivity contribution in [2.75, 3.05) is 6.54 Å². The number of nitrogens with two attached hydrogens (primary N) is 1. The Kier molecular flexibility index (Phi) is 6.99. The van der Waals surface area contributed by atoms with Gasteiger partial charge in [0.1, 0.15) is 17.2 Å². The second-order valence-electron chi connectivity index (χ2n) is 6.66. The molecule has 1 unspecified atom stereocenters. The first-order valence-corrected chi connectivity index (χ1v) is 6.87. The Bertz CT molecular complexity index is 329. The number of rotatable bonds is 5. The van der Waals surface area contributed by atoms with E-state index in [1.807, 2.05) is 0 Å². The molecule has 0 saturated heterocycles. The molecule has 20 heavy (non-hydrogen) atoms. The smallest absolute Gasteiger partial charge is 0.408 e. The minimum Gasteiger partial charge on any atom is -0.458 e. The summed E-state index contributed by atoms with van der Waals surface area (Å²) in [5.74, 6) is -0.475. The molecule has 0 aliphatic rings. The number of hydrogen-bond acceptors (Lipinski definition) is 5. The third kappa shape index (κ3) is 9.61. The molecule has 0 saturated carbocycles. The lowest BCUT2D eigenvalue weighted by Gasteiger charge is -2.26. The van der Waals surface area contributed by atoms with Crippen LogP contribution in [0.5, 0.6) is 0 Å². The fraction of sp³-hybridized carbons (Fsp3) is 0.857. The van der Waals surface area contributed by atoms with Crippen molar-refractivity contribution >= 4 is 12.1 Å². The standard InChI is InChI=1S/C14H28N2O4/c1-13(2,3)19-11(17)10(8-7-9-15)16-12(18)20-14(4,5)6/h10H,7-9,15H2,1-6H3,(H,16,18). The van der Waals surface area contributed by atoms with E-state index in [1.54, 1.807) is 41.5 Å². The molecule has 0 spiro atoms. The Hall–Kier alpha value is -1.30. The third-order valence-corrected chi connectivity index (χ3v) is 2.08. The van der Waals surface area contributed by atoms with Crippen LogP contribution < -0.4 is 11.1 Å². The molecule has 0 rings (SSSR count). The minimum atomic E-state index is -0.743. The van der Waals surface area contributed by atoms with E-state index < -0.39 is 29.3 Å². The average molecular weight is 288 g/mol. The fourth-order valence-corrected chi connectivity index (χ4v) is 1.39. The summed E-state index contributed by atoms with van der Waals surface area (Å²) in [7, 11) is 0. The topological polar surface area (TPSA) is 90.6 Å². The largest absolute Gasteiger partial charge is 0.458 e. The zero-order valence-corrected chi connectivity index (χ0v) is 13.4. The van der Waals surface area contributed by atoms with Gasteiger partial charge in [-0.2, -0.15) is 0 Å². The zero-order chi connectivity index (χ0) is 16.0. The quantitative estimate of drug-likeness (QED) is 0.755. The summed E-state index contributed by atoms with van der Waals surface area (Å²) < 4.78 is 10.4. The molecule has 6 nitrogen and oxygen atoms in total. The van der Waals surface area contributed by atoms with Gasteiger partial charge < -0.3 is 20.5 Å². The van der Waals surface area contributed by atoms with E-state index in [9.17, 15) is 9.59 Å². The number of ether oxygens (including phenoxy) is 2. The van der Waals surface area contributed by atoms with E-state index in [-0.39, 0.29) is 0 Å². The van der Waals surface area contributed by atoms with Gasteiger partial charge in [0.2, 0.25) is 0 Å². The number of carbonyl (C=O) groups excluding carboxylic acids is 2. The molecular formula is C14H28N2O4. The molecule has 1 amide bonds. The molecule has 3 N–H and O–H groups in total. The molecular weight excluding hydrogens is 260 g/mol. The number of hydrogen-bond donors (Lipinski definition) is 2. The lowest BCUT2D eigenvalue weighted by Crippen LogP contribution is -2.46. The van der Waals surface area contributed by atoms with E-state index in [0.717, 1.165) is 0 Å². The van der Waals surface area contributed by atoms with Crippen molar-refractivity contribution in [3.05, 3.63) is 0 Å². The predicted molar refractivity (Wildman–Crippen MR) is 77.3 cm³/mol. The van der Waals surface area contributed by atoms with Crippen LogP contribution in [0.15, 0.2) is 0 Å². The van der Waals surface area contributed by atoms with Crippen LogP contribution >= 0.6 is 0 Å². The monoisotopic (exact) mass is 288 g/mol. The Balaban J connectivity index is 4.63.